The van der Waals surface area contributed by atoms with Crippen LogP contribution in [0.4, 0.5) is 0 Å². The summed E-state index contributed by atoms with van der Waals surface area (Å²) in [5.41, 5.74) is 2.69. The molecule has 4 aromatic rings. The van der Waals surface area contributed by atoms with Crippen LogP contribution in [-0.2, 0) is 11.3 Å². The summed E-state index contributed by atoms with van der Waals surface area (Å²) in [6.07, 6.45) is 0. The Balaban J connectivity index is 1.58. The number of nitrogens with one attached hydrogen (secondary N) is 1. The van der Waals surface area contributed by atoms with Gasteiger partial charge in [0.15, 0.2) is 11.0 Å². The molecule has 0 saturated carbocycles. The van der Waals surface area contributed by atoms with Gasteiger partial charge in [-0.15, -0.1) is 10.2 Å². The van der Waals surface area contributed by atoms with Gasteiger partial charge in [0.2, 0.25) is 5.91 Å². The van der Waals surface area contributed by atoms with E-state index in [4.69, 9.17) is 16.3 Å². The Kier molecular flexibility index (Phi) is 7.09. The summed E-state index contributed by atoms with van der Waals surface area (Å²) in [5.74, 6) is 1.44. The number of rotatable bonds is 8. The van der Waals surface area contributed by atoms with Gasteiger partial charge < -0.3 is 10.1 Å². The third-order valence-corrected chi connectivity index (χ3v) is 5.91. The van der Waals surface area contributed by atoms with E-state index in [0.717, 1.165) is 16.8 Å². The van der Waals surface area contributed by atoms with Crippen LogP contribution in [0.5, 0.6) is 5.75 Å². The predicted octanol–water partition coefficient (Wildman–Crippen LogP) is 5.00. The van der Waals surface area contributed by atoms with Gasteiger partial charge in [0.05, 0.1) is 18.4 Å². The summed E-state index contributed by atoms with van der Waals surface area (Å²) < 4.78 is 7.42. The van der Waals surface area contributed by atoms with Gasteiger partial charge in [-0.1, -0.05) is 65.8 Å². The number of methoxy groups -OCH3 is 1. The standard InChI is InChI=1S/C24H21ClN4O2S/c1-31-21-10-6-5-9-20(21)23-27-28-24(29(23)19-13-11-18(25)12-14-19)32-16-22(30)26-15-17-7-3-2-4-8-17/h2-14H,15-16H2,1H3,(H,26,30). The lowest BCUT2D eigenvalue weighted by Gasteiger charge is -2.12. The molecule has 0 saturated heterocycles. The Labute approximate surface area is 195 Å². The van der Waals surface area contributed by atoms with Crippen LogP contribution >= 0.6 is 23.4 Å². The summed E-state index contributed by atoms with van der Waals surface area (Å²) >= 11 is 7.41. The van der Waals surface area contributed by atoms with Gasteiger partial charge >= 0.3 is 0 Å². The molecular weight excluding hydrogens is 444 g/mol. The molecule has 0 aliphatic rings. The molecule has 0 fully saturated rings. The quantitative estimate of drug-likeness (QED) is 0.371. The molecular formula is C24H21ClN4O2S. The molecule has 1 N–H and O–H groups in total. The third-order valence-electron chi connectivity index (χ3n) is 4.73. The molecule has 4 rings (SSSR count). The molecule has 3 aromatic carbocycles. The Hall–Kier alpha value is -3.29. The van der Waals surface area contributed by atoms with Crippen molar-refractivity contribution in [3.63, 3.8) is 0 Å². The number of benzene rings is 3. The number of carbonyl (C=O) groups excluding carboxylic acids is 1. The summed E-state index contributed by atoms with van der Waals surface area (Å²) in [7, 11) is 1.62. The van der Waals surface area contributed by atoms with Crippen LogP contribution in [-0.4, -0.2) is 33.5 Å². The summed E-state index contributed by atoms with van der Waals surface area (Å²) in [4.78, 5) is 12.4. The highest BCUT2D eigenvalue weighted by Gasteiger charge is 2.19. The average Bonchev–Trinajstić information content (AvgIpc) is 3.26. The van der Waals surface area contributed by atoms with Crippen LogP contribution in [0.15, 0.2) is 84.0 Å². The fourth-order valence-electron chi connectivity index (χ4n) is 3.17. The van der Waals surface area contributed by atoms with Crippen LogP contribution in [0.2, 0.25) is 5.02 Å². The third kappa shape index (κ3) is 5.12. The SMILES string of the molecule is COc1ccccc1-c1nnc(SCC(=O)NCc2ccccc2)n1-c1ccc(Cl)cc1. The molecule has 1 amide bonds. The van der Waals surface area contributed by atoms with Gasteiger partial charge in [-0.25, -0.2) is 0 Å². The average molecular weight is 465 g/mol. The molecule has 6 nitrogen and oxygen atoms in total. The summed E-state index contributed by atoms with van der Waals surface area (Å²) in [5, 5.41) is 12.9. The predicted molar refractivity (Wildman–Crippen MR) is 127 cm³/mol. The molecule has 1 heterocycles. The largest absolute Gasteiger partial charge is 0.496 e. The van der Waals surface area contributed by atoms with E-state index in [9.17, 15) is 4.79 Å². The van der Waals surface area contributed by atoms with Crippen molar-refractivity contribution in [2.75, 3.05) is 12.9 Å². The number of halogens is 1. The minimum atomic E-state index is -0.0802. The van der Waals surface area contributed by atoms with E-state index in [1.165, 1.54) is 11.8 Å². The number of thioether (sulfide) groups is 1. The minimum Gasteiger partial charge on any atom is -0.496 e. The van der Waals surface area contributed by atoms with Crippen molar-refractivity contribution in [3.05, 3.63) is 89.4 Å². The maximum Gasteiger partial charge on any atom is 0.230 e. The zero-order chi connectivity index (χ0) is 22.3. The van der Waals surface area contributed by atoms with Crippen LogP contribution in [0.1, 0.15) is 5.56 Å². The number of nitrogens with zero attached hydrogens (tertiary/aromatic N) is 3. The van der Waals surface area contributed by atoms with E-state index in [1.54, 1.807) is 7.11 Å². The highest BCUT2D eigenvalue weighted by atomic mass is 35.5. The molecule has 1 aromatic heterocycles. The molecule has 0 bridgehead atoms. The van der Waals surface area contributed by atoms with E-state index in [-0.39, 0.29) is 11.7 Å². The fraction of sp³-hybridized carbons (Fsp3) is 0.125. The second-order valence-electron chi connectivity index (χ2n) is 6.87. The molecule has 0 unspecified atom stereocenters. The van der Waals surface area contributed by atoms with E-state index in [0.29, 0.717) is 28.3 Å². The highest BCUT2D eigenvalue weighted by molar-refractivity contribution is 7.99. The van der Waals surface area contributed by atoms with Crippen molar-refractivity contribution in [1.82, 2.24) is 20.1 Å². The van der Waals surface area contributed by atoms with E-state index >= 15 is 0 Å². The molecule has 162 valence electrons. The lowest BCUT2D eigenvalue weighted by Crippen LogP contribution is -2.24. The number of hydrogen-bond acceptors (Lipinski definition) is 5. The zero-order valence-corrected chi connectivity index (χ0v) is 18.9. The van der Waals surface area contributed by atoms with Crippen molar-refractivity contribution in [3.8, 4) is 22.8 Å². The van der Waals surface area contributed by atoms with Crippen molar-refractivity contribution < 1.29 is 9.53 Å². The number of hydrogen-bond donors (Lipinski definition) is 1. The van der Waals surface area contributed by atoms with Crippen molar-refractivity contribution in [2.45, 2.75) is 11.7 Å². The van der Waals surface area contributed by atoms with Gasteiger partial charge in [-0.05, 0) is 42.0 Å². The first kappa shape index (κ1) is 21.9. The smallest absolute Gasteiger partial charge is 0.230 e. The van der Waals surface area contributed by atoms with Crippen LogP contribution in [0, 0.1) is 0 Å². The van der Waals surface area contributed by atoms with Crippen molar-refractivity contribution >= 4 is 29.3 Å². The fourth-order valence-corrected chi connectivity index (χ4v) is 4.08. The zero-order valence-electron chi connectivity index (χ0n) is 17.4. The first-order valence-electron chi connectivity index (χ1n) is 9.94. The molecule has 0 radical (unpaired) electrons. The Morgan fingerprint density at radius 1 is 1.00 bits per heavy atom. The highest BCUT2D eigenvalue weighted by Crippen LogP contribution is 2.33. The number of amides is 1. The van der Waals surface area contributed by atoms with Gasteiger partial charge in [0.25, 0.3) is 0 Å². The van der Waals surface area contributed by atoms with Gasteiger partial charge in [0, 0.05) is 17.3 Å². The van der Waals surface area contributed by atoms with Crippen molar-refractivity contribution in [2.24, 2.45) is 0 Å². The first-order valence-corrected chi connectivity index (χ1v) is 11.3. The molecule has 32 heavy (non-hydrogen) atoms. The van der Waals surface area contributed by atoms with Gasteiger partial charge in [0.1, 0.15) is 5.75 Å². The maximum absolute atomic E-state index is 12.4. The lowest BCUT2D eigenvalue weighted by molar-refractivity contribution is -0.118. The van der Waals surface area contributed by atoms with Crippen LogP contribution < -0.4 is 10.1 Å². The minimum absolute atomic E-state index is 0.0802. The molecule has 0 aliphatic carbocycles. The molecule has 8 heteroatoms. The summed E-state index contributed by atoms with van der Waals surface area (Å²) in [6.45, 7) is 0.483. The molecule has 0 spiro atoms. The van der Waals surface area contributed by atoms with Crippen LogP contribution in [0.25, 0.3) is 17.1 Å². The van der Waals surface area contributed by atoms with E-state index in [2.05, 4.69) is 15.5 Å². The number of carbonyl (C=O) groups is 1. The van der Waals surface area contributed by atoms with E-state index in [1.807, 2.05) is 83.4 Å². The molecule has 0 atom stereocenters. The van der Waals surface area contributed by atoms with Crippen LogP contribution in [0.3, 0.4) is 0 Å². The van der Waals surface area contributed by atoms with E-state index < -0.39 is 0 Å². The normalized spacial score (nSPS) is 10.7. The monoisotopic (exact) mass is 464 g/mol. The second kappa shape index (κ2) is 10.3. The Bertz CT molecular complexity index is 1200. The topological polar surface area (TPSA) is 69.0 Å². The van der Waals surface area contributed by atoms with Gasteiger partial charge in [-0.2, -0.15) is 0 Å². The first-order chi connectivity index (χ1) is 15.7. The lowest BCUT2D eigenvalue weighted by atomic mass is 10.2. The number of aromatic nitrogens is 3. The summed E-state index contributed by atoms with van der Waals surface area (Å²) in [6, 6.07) is 24.8. The molecule has 0 aliphatic heterocycles. The Morgan fingerprint density at radius 3 is 2.47 bits per heavy atom. The Morgan fingerprint density at radius 2 is 1.72 bits per heavy atom. The number of para-hydroxylation sites is 1. The number of ether oxygens (including phenoxy) is 1. The van der Waals surface area contributed by atoms with Crippen molar-refractivity contribution in [1.29, 1.82) is 0 Å². The maximum atomic E-state index is 12.4. The second-order valence-corrected chi connectivity index (χ2v) is 8.25. The van der Waals surface area contributed by atoms with Gasteiger partial charge in [-0.3, -0.25) is 9.36 Å².